The number of aliphatic hydroxyl groups is 2. The molecule has 0 amide bonds. The molecule has 3 aromatic rings. The van der Waals surface area contributed by atoms with E-state index in [4.69, 9.17) is 23.7 Å². The molecule has 1 aromatic heterocycles. The van der Waals surface area contributed by atoms with E-state index in [0.717, 1.165) is 78.6 Å². The monoisotopic (exact) mass is 789 g/mol. The fourth-order valence-corrected chi connectivity index (χ4v) is 12.9. The predicted octanol–water partition coefficient (Wildman–Crippen LogP) is 4.81. The molecule has 0 spiro atoms. The summed E-state index contributed by atoms with van der Waals surface area (Å²) in [5.41, 5.74) is 4.00. The highest BCUT2D eigenvalue weighted by Crippen LogP contribution is 2.68. The maximum absolute atomic E-state index is 13.0. The van der Waals surface area contributed by atoms with E-state index in [2.05, 4.69) is 55.8 Å². The Kier molecular flexibility index (Phi) is 10.9. The van der Waals surface area contributed by atoms with Gasteiger partial charge in [-0.1, -0.05) is 20.8 Å². The molecule has 0 bridgehead atoms. The zero-order chi connectivity index (χ0) is 38.1. The van der Waals surface area contributed by atoms with Crippen LogP contribution in [0.15, 0.2) is 36.5 Å². The standard InChI is InChI=1S/C46H60NO8.ClH/c1-27(34-8-9-35-43-36(13-16-46(34,35)3)45(2)15-12-31(48)22-30(45)23-38(43)49)6-11-42(50)52-18-5-19-53-44-33-25-47-17-14-29-21-40-41(55-26-54-40)24-32(29)37(47)20-28(33)7-10-39(44)51-4;/h7,10,20-21,24-25,27,30-31,34-36,38,43,48-49H,5-6,8-9,11-19,22-23,26H2,1-4H3;1H/q+1;/p-1/t27?,30?,31-,34?,35?,36?,38-,43?,45?,46?;/m1./s1. The molecule has 10 heteroatoms. The Morgan fingerprint density at radius 3 is 2.59 bits per heavy atom. The van der Waals surface area contributed by atoms with Crippen LogP contribution in [0.3, 0.4) is 0 Å². The summed E-state index contributed by atoms with van der Waals surface area (Å²) in [4.78, 5) is 13.0. The van der Waals surface area contributed by atoms with Gasteiger partial charge in [0.25, 0.3) is 0 Å². The summed E-state index contributed by atoms with van der Waals surface area (Å²) in [7, 11) is 1.66. The van der Waals surface area contributed by atoms with Crippen molar-refractivity contribution in [3.8, 4) is 34.3 Å². The molecule has 2 N–H and O–H groups in total. The van der Waals surface area contributed by atoms with E-state index in [-0.39, 0.29) is 48.2 Å². The van der Waals surface area contributed by atoms with Crippen LogP contribution in [-0.4, -0.2) is 55.5 Å². The molecule has 10 atom stereocenters. The van der Waals surface area contributed by atoms with Crippen LogP contribution >= 0.6 is 0 Å². The number of carbonyl (C=O) groups excluding carboxylic acids is 1. The van der Waals surface area contributed by atoms with Crippen LogP contribution < -0.4 is 35.9 Å². The summed E-state index contributed by atoms with van der Waals surface area (Å²) in [5, 5.41) is 24.1. The van der Waals surface area contributed by atoms with Crippen molar-refractivity contribution in [1.29, 1.82) is 0 Å². The Bertz CT molecular complexity index is 1950. The van der Waals surface area contributed by atoms with Crippen molar-refractivity contribution >= 4 is 16.7 Å². The van der Waals surface area contributed by atoms with Gasteiger partial charge in [-0.25, -0.2) is 0 Å². The Labute approximate surface area is 337 Å². The van der Waals surface area contributed by atoms with Gasteiger partial charge in [-0.05, 0) is 139 Å². The zero-order valence-electron chi connectivity index (χ0n) is 33.6. The minimum absolute atomic E-state index is 0. The van der Waals surface area contributed by atoms with Crippen LogP contribution in [0.5, 0.6) is 23.0 Å². The lowest BCUT2D eigenvalue weighted by molar-refractivity contribution is -0.686. The van der Waals surface area contributed by atoms with Gasteiger partial charge in [-0.3, -0.25) is 4.79 Å². The number of hydrogen-bond acceptors (Lipinski definition) is 8. The third-order valence-electron chi connectivity index (χ3n) is 15.8. The Morgan fingerprint density at radius 1 is 0.982 bits per heavy atom. The molecule has 2 aliphatic heterocycles. The van der Waals surface area contributed by atoms with Crippen LogP contribution in [0.2, 0.25) is 0 Å². The van der Waals surface area contributed by atoms with Crippen molar-refractivity contribution in [2.75, 3.05) is 27.1 Å². The molecule has 2 aromatic carbocycles. The summed E-state index contributed by atoms with van der Waals surface area (Å²) in [6.45, 7) is 9.15. The quantitative estimate of drug-likeness (QED) is 0.171. The van der Waals surface area contributed by atoms with Crippen molar-refractivity contribution < 1.29 is 55.7 Å². The lowest BCUT2D eigenvalue weighted by Crippen LogP contribution is -3.00. The molecule has 9 rings (SSSR count). The largest absolute Gasteiger partial charge is 1.00 e. The van der Waals surface area contributed by atoms with E-state index in [9.17, 15) is 15.0 Å². The predicted molar refractivity (Wildman–Crippen MR) is 208 cm³/mol. The highest BCUT2D eigenvalue weighted by molar-refractivity contribution is 5.91. The molecule has 0 saturated heterocycles. The molecule has 6 aliphatic rings. The second-order valence-corrected chi connectivity index (χ2v) is 18.5. The third-order valence-corrected chi connectivity index (χ3v) is 15.8. The maximum Gasteiger partial charge on any atom is 0.305 e. The first kappa shape index (κ1) is 39.6. The number of ether oxygens (including phenoxy) is 5. The smallest absolute Gasteiger partial charge is 0.305 e. The number of aliphatic hydroxyl groups excluding tert-OH is 2. The van der Waals surface area contributed by atoms with Crippen molar-refractivity contribution in [2.45, 2.75) is 117 Å². The highest BCUT2D eigenvalue weighted by Gasteiger charge is 2.62. The van der Waals surface area contributed by atoms with E-state index < -0.39 is 0 Å². The summed E-state index contributed by atoms with van der Waals surface area (Å²) in [6.07, 6.45) is 12.9. The van der Waals surface area contributed by atoms with E-state index >= 15 is 0 Å². The minimum Gasteiger partial charge on any atom is -1.00 e. The number of hydrogen-bond donors (Lipinski definition) is 2. The minimum atomic E-state index is -0.261. The molecule has 9 nitrogen and oxygen atoms in total. The summed E-state index contributed by atoms with van der Waals surface area (Å²) in [5.74, 6) is 5.73. The lowest BCUT2D eigenvalue weighted by Gasteiger charge is -2.62. The number of nitrogens with zero attached hydrogens (tertiary/aromatic N) is 1. The average Bonchev–Trinajstić information content (AvgIpc) is 3.79. The van der Waals surface area contributed by atoms with Gasteiger partial charge in [0.15, 0.2) is 35.7 Å². The van der Waals surface area contributed by atoms with E-state index in [0.29, 0.717) is 73.1 Å². The second-order valence-electron chi connectivity index (χ2n) is 18.5. The van der Waals surface area contributed by atoms with Crippen molar-refractivity contribution in [1.82, 2.24) is 0 Å². The molecule has 4 fully saturated rings. The van der Waals surface area contributed by atoms with Gasteiger partial charge >= 0.3 is 5.97 Å². The summed E-state index contributed by atoms with van der Waals surface area (Å²) < 4.78 is 31.4. The first-order valence-corrected chi connectivity index (χ1v) is 21.2. The topological polar surface area (TPSA) is 108 Å². The van der Waals surface area contributed by atoms with E-state index in [1.807, 2.05) is 6.07 Å². The zero-order valence-corrected chi connectivity index (χ0v) is 34.3. The second kappa shape index (κ2) is 15.5. The van der Waals surface area contributed by atoms with Gasteiger partial charge in [-0.2, -0.15) is 4.57 Å². The summed E-state index contributed by atoms with van der Waals surface area (Å²) in [6, 6.07) is 10.4. The van der Waals surface area contributed by atoms with Crippen LogP contribution in [-0.2, 0) is 22.5 Å². The molecule has 8 unspecified atom stereocenters. The molecule has 56 heavy (non-hydrogen) atoms. The maximum atomic E-state index is 13.0. The molecular formula is C46H60ClNO8. The van der Waals surface area contributed by atoms with Crippen LogP contribution in [0.25, 0.3) is 22.0 Å². The van der Waals surface area contributed by atoms with E-state index in [1.54, 1.807) is 7.11 Å². The summed E-state index contributed by atoms with van der Waals surface area (Å²) >= 11 is 0. The molecule has 3 heterocycles. The molecule has 304 valence electrons. The fourth-order valence-electron chi connectivity index (χ4n) is 12.9. The third kappa shape index (κ3) is 6.71. The van der Waals surface area contributed by atoms with Crippen molar-refractivity contribution in [3.05, 3.63) is 42.1 Å². The Balaban J connectivity index is 0.00000441. The SMILES string of the molecule is COc1ccc2cc3[n+](cc2c1OCCCOC(=O)CCC(C)C1CCC2C4C(CCC12C)C1(C)CC[C@@H](O)CC1C[C@H]4O)CCc1cc2c(cc1-3)OCO2.[Cl-]. The van der Waals surface area contributed by atoms with Crippen molar-refractivity contribution in [2.24, 2.45) is 46.3 Å². The van der Waals surface area contributed by atoms with Gasteiger partial charge in [0, 0.05) is 25.3 Å². The number of pyridine rings is 1. The van der Waals surface area contributed by atoms with Crippen LogP contribution in [0.1, 0.15) is 97.0 Å². The van der Waals surface area contributed by atoms with Gasteiger partial charge in [0.05, 0.1) is 43.5 Å². The van der Waals surface area contributed by atoms with Crippen LogP contribution in [0.4, 0.5) is 0 Å². The molecule has 4 saturated carbocycles. The molecule has 0 radical (unpaired) electrons. The number of rotatable bonds is 10. The average molecular weight is 790 g/mol. The molecule has 4 aliphatic carbocycles. The van der Waals surface area contributed by atoms with Crippen LogP contribution in [0, 0.1) is 46.3 Å². The Hall–Kier alpha value is -3.27. The number of aromatic nitrogens is 1. The van der Waals surface area contributed by atoms with Gasteiger partial charge < -0.3 is 46.3 Å². The number of methoxy groups -OCH3 is 1. The van der Waals surface area contributed by atoms with E-state index in [1.165, 1.54) is 31.2 Å². The number of halogens is 1. The number of esters is 1. The number of fused-ring (bicyclic) bond motifs is 10. The number of carbonyl (C=O) groups is 1. The first-order chi connectivity index (χ1) is 26.6. The fraction of sp³-hybridized carbons (Fsp3) is 0.652. The van der Waals surface area contributed by atoms with Crippen molar-refractivity contribution in [3.63, 3.8) is 0 Å². The molecular weight excluding hydrogens is 730 g/mol. The number of aryl methyl sites for hydroxylation is 2. The van der Waals surface area contributed by atoms with Gasteiger partial charge in [0.1, 0.15) is 0 Å². The van der Waals surface area contributed by atoms with Gasteiger partial charge in [-0.15, -0.1) is 0 Å². The highest BCUT2D eigenvalue weighted by atomic mass is 35.5. The first-order valence-electron chi connectivity index (χ1n) is 21.2. The van der Waals surface area contributed by atoms with Gasteiger partial charge in [0.2, 0.25) is 12.5 Å². The number of benzene rings is 2. The Morgan fingerprint density at radius 2 is 1.77 bits per heavy atom. The lowest BCUT2D eigenvalue weighted by atomic mass is 9.43. The normalized spacial score (nSPS) is 32.9.